The van der Waals surface area contributed by atoms with Gasteiger partial charge in [0, 0.05) is 24.3 Å². The van der Waals surface area contributed by atoms with Gasteiger partial charge in [0.15, 0.2) is 0 Å². The first-order valence-electron chi connectivity index (χ1n) is 6.62. The van der Waals surface area contributed by atoms with Crippen molar-refractivity contribution in [2.75, 3.05) is 0 Å². The summed E-state index contributed by atoms with van der Waals surface area (Å²) in [4.78, 5) is 18.0. The van der Waals surface area contributed by atoms with Gasteiger partial charge in [-0.25, -0.2) is 9.37 Å². The lowest BCUT2D eigenvalue weighted by Crippen LogP contribution is -2.19. The van der Waals surface area contributed by atoms with E-state index in [1.807, 2.05) is 23.7 Å². The number of nitrogens with zero attached hydrogens (tertiary/aromatic N) is 3. The highest BCUT2D eigenvalue weighted by molar-refractivity contribution is 7.13. The van der Waals surface area contributed by atoms with E-state index in [1.54, 1.807) is 40.3 Å². The summed E-state index contributed by atoms with van der Waals surface area (Å²) in [6.45, 7) is 0. The molecule has 6 heteroatoms. The Hall–Kier alpha value is -2.73. The molecule has 0 spiro atoms. The molecule has 0 saturated heterocycles. The third-order valence-corrected chi connectivity index (χ3v) is 4.29. The minimum absolute atomic E-state index is 0.239. The molecule has 0 radical (unpaired) electrons. The topological polar surface area (TPSA) is 39.3 Å². The SMILES string of the molecule is O=c1c2nc(-c3cccs3)cn2ccn1-c1ccc(F)cc1. The highest BCUT2D eigenvalue weighted by atomic mass is 32.1. The number of benzene rings is 1. The maximum atomic E-state index is 13.0. The fourth-order valence-electron chi connectivity index (χ4n) is 2.33. The minimum atomic E-state index is -0.335. The van der Waals surface area contributed by atoms with Crippen LogP contribution in [-0.2, 0) is 0 Å². The van der Waals surface area contributed by atoms with E-state index in [0.29, 0.717) is 11.3 Å². The largest absolute Gasteiger partial charge is 0.300 e. The van der Waals surface area contributed by atoms with Crippen molar-refractivity contribution in [3.63, 3.8) is 0 Å². The monoisotopic (exact) mass is 311 g/mol. The van der Waals surface area contributed by atoms with E-state index >= 15 is 0 Å². The van der Waals surface area contributed by atoms with Crippen molar-refractivity contribution in [3.05, 3.63) is 76.5 Å². The van der Waals surface area contributed by atoms with E-state index in [2.05, 4.69) is 4.98 Å². The molecule has 0 aliphatic rings. The molecule has 3 aromatic heterocycles. The van der Waals surface area contributed by atoms with E-state index in [9.17, 15) is 9.18 Å². The van der Waals surface area contributed by atoms with Crippen LogP contribution in [0.25, 0.3) is 21.9 Å². The summed E-state index contributed by atoms with van der Waals surface area (Å²) in [5, 5.41) is 1.97. The molecule has 1 aromatic carbocycles. The normalized spacial score (nSPS) is 11.1. The molecule has 0 unspecified atom stereocenters. The number of imidazole rings is 1. The third kappa shape index (κ3) is 2.05. The molecule has 0 aliphatic carbocycles. The number of halogens is 1. The van der Waals surface area contributed by atoms with Crippen LogP contribution in [0.3, 0.4) is 0 Å². The molecule has 0 bridgehead atoms. The first-order chi connectivity index (χ1) is 10.7. The van der Waals surface area contributed by atoms with Crippen LogP contribution in [0.5, 0.6) is 0 Å². The first-order valence-corrected chi connectivity index (χ1v) is 7.50. The quantitative estimate of drug-likeness (QED) is 0.569. The van der Waals surface area contributed by atoms with Crippen LogP contribution >= 0.6 is 11.3 Å². The third-order valence-electron chi connectivity index (χ3n) is 3.40. The predicted octanol–water partition coefficient (Wildman–Crippen LogP) is 3.35. The minimum Gasteiger partial charge on any atom is -0.300 e. The Bertz CT molecular complexity index is 1000. The molecule has 0 atom stereocenters. The van der Waals surface area contributed by atoms with Gasteiger partial charge in [-0.2, -0.15) is 0 Å². The molecule has 3 heterocycles. The number of hydrogen-bond donors (Lipinski definition) is 0. The fourth-order valence-corrected chi connectivity index (χ4v) is 3.01. The van der Waals surface area contributed by atoms with E-state index in [4.69, 9.17) is 0 Å². The second-order valence-electron chi connectivity index (χ2n) is 4.78. The van der Waals surface area contributed by atoms with Crippen molar-refractivity contribution in [2.24, 2.45) is 0 Å². The summed E-state index contributed by atoms with van der Waals surface area (Å²) in [6, 6.07) is 9.70. The molecule has 0 aliphatic heterocycles. The molecule has 4 aromatic rings. The smallest absolute Gasteiger partial charge is 0.298 e. The Morgan fingerprint density at radius 3 is 2.64 bits per heavy atom. The van der Waals surface area contributed by atoms with Crippen LogP contribution in [-0.4, -0.2) is 14.0 Å². The zero-order valence-corrected chi connectivity index (χ0v) is 12.1. The van der Waals surface area contributed by atoms with Crippen LogP contribution in [0, 0.1) is 5.82 Å². The van der Waals surface area contributed by atoms with Gasteiger partial charge in [-0.15, -0.1) is 11.3 Å². The van der Waals surface area contributed by atoms with Crippen molar-refractivity contribution in [3.8, 4) is 16.3 Å². The molecule has 0 N–H and O–H groups in total. The number of fused-ring (bicyclic) bond motifs is 1. The van der Waals surface area contributed by atoms with Gasteiger partial charge in [0.1, 0.15) is 5.82 Å². The highest BCUT2D eigenvalue weighted by Crippen LogP contribution is 2.23. The summed E-state index contributed by atoms with van der Waals surface area (Å²) >= 11 is 1.57. The molecule has 22 heavy (non-hydrogen) atoms. The van der Waals surface area contributed by atoms with Crippen LogP contribution in [0.1, 0.15) is 0 Å². The summed E-state index contributed by atoms with van der Waals surface area (Å²) in [5.41, 5.74) is 1.48. The highest BCUT2D eigenvalue weighted by Gasteiger charge is 2.10. The number of aromatic nitrogens is 3. The Morgan fingerprint density at radius 2 is 1.91 bits per heavy atom. The summed E-state index contributed by atoms with van der Waals surface area (Å²) in [6.07, 6.45) is 5.25. The van der Waals surface area contributed by atoms with Crippen LogP contribution in [0.4, 0.5) is 4.39 Å². The maximum absolute atomic E-state index is 13.0. The molecule has 0 saturated carbocycles. The number of hydrogen-bond acceptors (Lipinski definition) is 3. The second-order valence-corrected chi connectivity index (χ2v) is 5.73. The van der Waals surface area contributed by atoms with Gasteiger partial charge < -0.3 is 4.40 Å². The zero-order chi connectivity index (χ0) is 15.1. The molecule has 4 rings (SSSR count). The average Bonchev–Trinajstić information content (AvgIpc) is 3.18. The Balaban J connectivity index is 1.90. The summed E-state index contributed by atoms with van der Waals surface area (Å²) < 4.78 is 16.2. The van der Waals surface area contributed by atoms with Gasteiger partial charge in [-0.05, 0) is 35.7 Å². The van der Waals surface area contributed by atoms with Crippen LogP contribution in [0.2, 0.25) is 0 Å². The summed E-state index contributed by atoms with van der Waals surface area (Å²) in [5.74, 6) is -0.335. The van der Waals surface area contributed by atoms with Crippen molar-refractivity contribution in [2.45, 2.75) is 0 Å². The van der Waals surface area contributed by atoms with Crippen LogP contribution in [0.15, 0.2) is 65.2 Å². The van der Waals surface area contributed by atoms with Crippen molar-refractivity contribution >= 4 is 17.0 Å². The number of rotatable bonds is 2. The van der Waals surface area contributed by atoms with Gasteiger partial charge in [-0.3, -0.25) is 9.36 Å². The van der Waals surface area contributed by atoms with E-state index in [1.165, 1.54) is 16.7 Å². The van der Waals surface area contributed by atoms with E-state index in [-0.39, 0.29) is 11.4 Å². The van der Waals surface area contributed by atoms with Crippen molar-refractivity contribution < 1.29 is 4.39 Å². The van der Waals surface area contributed by atoms with Gasteiger partial charge >= 0.3 is 0 Å². The van der Waals surface area contributed by atoms with Crippen molar-refractivity contribution in [1.29, 1.82) is 0 Å². The lowest BCUT2D eigenvalue weighted by Gasteiger charge is -2.05. The average molecular weight is 311 g/mol. The zero-order valence-electron chi connectivity index (χ0n) is 11.3. The lowest BCUT2D eigenvalue weighted by molar-refractivity contribution is 0.627. The fraction of sp³-hybridized carbons (Fsp3) is 0. The Labute approximate surface area is 128 Å². The number of thiophene rings is 1. The molecular weight excluding hydrogens is 301 g/mol. The molecule has 0 amide bonds. The summed E-state index contributed by atoms with van der Waals surface area (Å²) in [7, 11) is 0. The second kappa shape index (κ2) is 4.92. The Morgan fingerprint density at radius 1 is 1.09 bits per heavy atom. The molecule has 0 fully saturated rings. The maximum Gasteiger partial charge on any atom is 0.298 e. The molecule has 4 nitrogen and oxygen atoms in total. The van der Waals surface area contributed by atoms with Gasteiger partial charge in [-0.1, -0.05) is 6.07 Å². The van der Waals surface area contributed by atoms with Crippen molar-refractivity contribution in [1.82, 2.24) is 14.0 Å². The first kappa shape index (κ1) is 13.0. The van der Waals surface area contributed by atoms with Gasteiger partial charge in [0.05, 0.1) is 10.6 Å². The molecule has 108 valence electrons. The Kier molecular flexibility index (Phi) is 2.90. The predicted molar refractivity (Wildman–Crippen MR) is 84.1 cm³/mol. The van der Waals surface area contributed by atoms with Crippen LogP contribution < -0.4 is 5.56 Å². The van der Waals surface area contributed by atoms with Gasteiger partial charge in [0.25, 0.3) is 5.56 Å². The van der Waals surface area contributed by atoms with Gasteiger partial charge in [0.2, 0.25) is 5.65 Å². The lowest BCUT2D eigenvalue weighted by atomic mass is 10.3. The molecular formula is C16H10FN3OS. The van der Waals surface area contributed by atoms with E-state index in [0.717, 1.165) is 10.6 Å². The van der Waals surface area contributed by atoms with E-state index < -0.39 is 0 Å². The standard InChI is InChI=1S/C16H10FN3OS/c17-11-3-5-12(6-4-11)20-8-7-19-10-13(14-2-1-9-22-14)18-15(19)16(20)21/h1-10H.